The Morgan fingerprint density at radius 1 is 0.707 bits per heavy atom. The fourth-order valence-electron chi connectivity index (χ4n) is 4.05. The minimum atomic E-state index is -0.179. The Morgan fingerprint density at radius 2 is 1.39 bits per heavy atom. The number of amides is 3. The van der Waals surface area contributed by atoms with Crippen LogP contribution in [0.2, 0.25) is 0 Å². The molecule has 0 aliphatic heterocycles. The van der Waals surface area contributed by atoms with Crippen LogP contribution in [0.1, 0.15) is 40.2 Å². The highest BCUT2D eigenvalue weighted by Crippen LogP contribution is 2.18. The number of hydrogen-bond acceptors (Lipinski definition) is 8. The molecule has 2 aromatic carbocycles. The van der Waals surface area contributed by atoms with Gasteiger partial charge in [-0.2, -0.15) is 5.10 Å². The topological polar surface area (TPSA) is 130 Å². The van der Waals surface area contributed by atoms with E-state index in [1.54, 1.807) is 25.1 Å². The highest BCUT2D eigenvalue weighted by Gasteiger charge is 2.11. The summed E-state index contributed by atoms with van der Waals surface area (Å²) < 4.78 is 0. The van der Waals surface area contributed by atoms with E-state index in [0.717, 1.165) is 53.1 Å². The number of likely N-dealkylation sites (N-methyl/N-ethyl adjacent to an activating group) is 1. The molecule has 0 radical (unpaired) electrons. The van der Waals surface area contributed by atoms with Crippen molar-refractivity contribution < 1.29 is 14.4 Å². The lowest BCUT2D eigenvalue weighted by atomic mass is 10.1. The van der Waals surface area contributed by atoms with Crippen LogP contribution in [-0.2, 0) is 46.5 Å². The lowest BCUT2D eigenvalue weighted by molar-refractivity contribution is -0.128. The summed E-state index contributed by atoms with van der Waals surface area (Å²) in [6.07, 6.45) is 4.06. The number of aromatic nitrogens is 4. The van der Waals surface area contributed by atoms with Gasteiger partial charge in [-0.1, -0.05) is 65.9 Å². The van der Waals surface area contributed by atoms with Crippen LogP contribution in [0.4, 0.5) is 10.9 Å². The van der Waals surface area contributed by atoms with Crippen LogP contribution in [0.15, 0.2) is 66.7 Å². The van der Waals surface area contributed by atoms with Gasteiger partial charge in [0.1, 0.15) is 5.01 Å². The van der Waals surface area contributed by atoms with Crippen molar-refractivity contribution in [1.29, 1.82) is 0 Å². The van der Waals surface area contributed by atoms with E-state index >= 15 is 0 Å². The Kier molecular flexibility index (Phi) is 10.6. The van der Waals surface area contributed by atoms with E-state index in [-0.39, 0.29) is 30.6 Å². The van der Waals surface area contributed by atoms with Gasteiger partial charge in [0.05, 0.1) is 25.0 Å². The zero-order valence-electron chi connectivity index (χ0n) is 23.2. The molecule has 212 valence electrons. The number of hydrogen-bond donors (Lipinski definition) is 2. The number of carbonyl (C=O) groups is 3. The SMILES string of the molecule is CN(C)C(=O)Cc1cccc(CC(=O)Nc2nnc(CCCCc3ccc(NC(=O)Cc4ccccc4)nn3)s2)c1. The molecule has 0 unspecified atom stereocenters. The summed E-state index contributed by atoms with van der Waals surface area (Å²) in [6, 6.07) is 20.7. The molecule has 0 saturated carbocycles. The van der Waals surface area contributed by atoms with Crippen molar-refractivity contribution in [3.8, 4) is 0 Å². The van der Waals surface area contributed by atoms with E-state index in [9.17, 15) is 14.4 Å². The molecule has 0 bridgehead atoms. The molecular weight excluding hydrogens is 538 g/mol. The van der Waals surface area contributed by atoms with Crippen LogP contribution in [0.3, 0.4) is 0 Å². The van der Waals surface area contributed by atoms with E-state index in [1.807, 2.05) is 60.7 Å². The van der Waals surface area contributed by atoms with Gasteiger partial charge in [0, 0.05) is 20.5 Å². The second kappa shape index (κ2) is 14.8. The summed E-state index contributed by atoms with van der Waals surface area (Å²) in [5.74, 6) is 0.139. The first-order valence-corrected chi connectivity index (χ1v) is 14.2. The van der Waals surface area contributed by atoms with Crippen molar-refractivity contribution in [2.24, 2.45) is 0 Å². The van der Waals surface area contributed by atoms with E-state index < -0.39 is 0 Å². The predicted molar refractivity (Wildman–Crippen MR) is 159 cm³/mol. The minimum absolute atomic E-state index is 0.0129. The minimum Gasteiger partial charge on any atom is -0.349 e. The molecular formula is C30H33N7O3S. The second-order valence-electron chi connectivity index (χ2n) is 9.84. The summed E-state index contributed by atoms with van der Waals surface area (Å²) in [7, 11) is 3.45. The zero-order chi connectivity index (χ0) is 29.0. The largest absolute Gasteiger partial charge is 0.349 e. The zero-order valence-corrected chi connectivity index (χ0v) is 24.0. The molecule has 11 heteroatoms. The average molecular weight is 572 g/mol. The number of aryl methyl sites for hydroxylation is 2. The Balaban J connectivity index is 1.15. The van der Waals surface area contributed by atoms with Gasteiger partial charge in [-0.05, 0) is 48.1 Å². The van der Waals surface area contributed by atoms with Crippen LogP contribution in [0.5, 0.6) is 0 Å². The third kappa shape index (κ3) is 9.87. The number of rotatable bonds is 13. The smallest absolute Gasteiger partial charge is 0.230 e. The molecule has 2 heterocycles. The quantitative estimate of drug-likeness (QED) is 0.233. The molecule has 0 saturated heterocycles. The van der Waals surface area contributed by atoms with Crippen LogP contribution in [-0.4, -0.2) is 57.1 Å². The maximum Gasteiger partial charge on any atom is 0.230 e. The fourth-order valence-corrected chi connectivity index (χ4v) is 4.84. The summed E-state index contributed by atoms with van der Waals surface area (Å²) in [5, 5.41) is 23.6. The average Bonchev–Trinajstić information content (AvgIpc) is 3.39. The van der Waals surface area contributed by atoms with Crippen molar-refractivity contribution in [2.45, 2.75) is 44.9 Å². The van der Waals surface area contributed by atoms with Crippen LogP contribution < -0.4 is 10.6 Å². The predicted octanol–water partition coefficient (Wildman–Crippen LogP) is 3.89. The monoisotopic (exact) mass is 571 g/mol. The third-order valence-electron chi connectivity index (χ3n) is 6.19. The van der Waals surface area contributed by atoms with Crippen molar-refractivity contribution in [3.63, 3.8) is 0 Å². The van der Waals surface area contributed by atoms with Crippen molar-refractivity contribution >= 4 is 40.0 Å². The van der Waals surface area contributed by atoms with Crippen molar-refractivity contribution in [1.82, 2.24) is 25.3 Å². The maximum atomic E-state index is 12.5. The molecule has 0 atom stereocenters. The van der Waals surface area contributed by atoms with E-state index in [1.165, 1.54) is 11.3 Å². The van der Waals surface area contributed by atoms with Gasteiger partial charge in [0.2, 0.25) is 22.9 Å². The number of nitrogens with one attached hydrogen (secondary N) is 2. The third-order valence-corrected chi connectivity index (χ3v) is 7.09. The lowest BCUT2D eigenvalue weighted by Crippen LogP contribution is -2.23. The number of unbranched alkanes of at least 4 members (excludes halogenated alkanes) is 1. The van der Waals surface area contributed by atoms with Crippen LogP contribution in [0.25, 0.3) is 0 Å². The molecule has 41 heavy (non-hydrogen) atoms. The summed E-state index contributed by atoms with van der Waals surface area (Å²) in [5.41, 5.74) is 3.50. The van der Waals surface area contributed by atoms with Gasteiger partial charge in [0.25, 0.3) is 0 Å². The molecule has 4 aromatic rings. The Morgan fingerprint density at radius 3 is 2.12 bits per heavy atom. The molecule has 0 spiro atoms. The highest BCUT2D eigenvalue weighted by molar-refractivity contribution is 7.15. The molecule has 3 amide bonds. The van der Waals surface area contributed by atoms with Gasteiger partial charge in [-0.3, -0.25) is 14.4 Å². The first-order valence-electron chi connectivity index (χ1n) is 13.4. The van der Waals surface area contributed by atoms with E-state index in [4.69, 9.17) is 0 Å². The first kappa shape index (κ1) is 29.5. The Hall–Kier alpha value is -4.51. The molecule has 2 aromatic heterocycles. The molecule has 0 aliphatic carbocycles. The highest BCUT2D eigenvalue weighted by atomic mass is 32.1. The van der Waals surface area contributed by atoms with Crippen molar-refractivity contribution in [3.05, 3.63) is 94.1 Å². The number of anilines is 2. The number of nitrogens with zero attached hydrogens (tertiary/aromatic N) is 5. The summed E-state index contributed by atoms with van der Waals surface area (Å²) >= 11 is 1.37. The maximum absolute atomic E-state index is 12.5. The van der Waals surface area contributed by atoms with Gasteiger partial charge >= 0.3 is 0 Å². The fraction of sp³-hybridized carbons (Fsp3) is 0.300. The van der Waals surface area contributed by atoms with Crippen molar-refractivity contribution in [2.75, 3.05) is 24.7 Å². The molecule has 10 nitrogen and oxygen atoms in total. The number of carbonyl (C=O) groups excluding carboxylic acids is 3. The standard InChI is InChI=1S/C30H33N7O3S/c1-37(2)29(40)20-23-12-8-11-22(17-23)19-27(39)32-30-36-35-28(41-30)14-7-6-13-24-15-16-25(34-33-24)31-26(38)18-21-9-4-3-5-10-21/h3-5,8-12,15-17H,6-7,13-14,18-20H2,1-2H3,(H,31,34,38)(H,32,36,39). The van der Waals surface area contributed by atoms with Gasteiger partial charge in [-0.25, -0.2) is 0 Å². The second-order valence-corrected chi connectivity index (χ2v) is 10.9. The van der Waals surface area contributed by atoms with E-state index in [0.29, 0.717) is 17.4 Å². The van der Waals surface area contributed by atoms with Gasteiger partial charge < -0.3 is 15.5 Å². The van der Waals surface area contributed by atoms with Crippen LogP contribution in [0, 0.1) is 0 Å². The Labute approximate surface area is 243 Å². The van der Waals surface area contributed by atoms with Gasteiger partial charge in [-0.15, -0.1) is 15.3 Å². The first-order chi connectivity index (χ1) is 19.8. The summed E-state index contributed by atoms with van der Waals surface area (Å²) in [6.45, 7) is 0. The lowest BCUT2D eigenvalue weighted by Gasteiger charge is -2.10. The van der Waals surface area contributed by atoms with Gasteiger partial charge in [0.15, 0.2) is 5.82 Å². The summed E-state index contributed by atoms with van der Waals surface area (Å²) in [4.78, 5) is 38.2. The normalized spacial score (nSPS) is 10.7. The number of benzene rings is 2. The molecule has 0 aliphatic rings. The molecule has 2 N–H and O–H groups in total. The van der Waals surface area contributed by atoms with Crippen LogP contribution >= 0.6 is 11.3 Å². The molecule has 4 rings (SSSR count). The molecule has 0 fully saturated rings. The van der Waals surface area contributed by atoms with E-state index in [2.05, 4.69) is 31.0 Å². The Bertz CT molecular complexity index is 1460.